The minimum atomic E-state index is 0.512. The quantitative estimate of drug-likeness (QED) is 0.864. The molecule has 0 aliphatic carbocycles. The zero-order valence-electron chi connectivity index (χ0n) is 8.52. The SMILES string of the molecule is NCc1csc(CSc2cccc(Cl)c2)n1. The molecule has 1 heterocycles. The first-order valence-electron chi connectivity index (χ1n) is 4.79. The predicted molar refractivity (Wildman–Crippen MR) is 71.0 cm³/mol. The van der Waals surface area contributed by atoms with Gasteiger partial charge in [0, 0.05) is 21.8 Å². The van der Waals surface area contributed by atoms with Gasteiger partial charge in [0.05, 0.1) is 11.4 Å². The number of rotatable bonds is 4. The van der Waals surface area contributed by atoms with Crippen LogP contribution in [0.15, 0.2) is 34.5 Å². The number of hydrogen-bond donors (Lipinski definition) is 1. The highest BCUT2D eigenvalue weighted by Crippen LogP contribution is 2.26. The Kier molecular flexibility index (Phi) is 4.23. The van der Waals surface area contributed by atoms with Crippen molar-refractivity contribution in [3.05, 3.63) is 45.4 Å². The average molecular weight is 271 g/mol. The van der Waals surface area contributed by atoms with Crippen LogP contribution in [0.4, 0.5) is 0 Å². The standard InChI is InChI=1S/C11H11ClN2S2/c12-8-2-1-3-10(4-8)15-7-11-14-9(5-13)6-16-11/h1-4,6H,5,7,13H2. The molecule has 0 radical (unpaired) electrons. The Hall–Kier alpha value is -0.550. The van der Waals surface area contributed by atoms with E-state index >= 15 is 0 Å². The molecule has 0 atom stereocenters. The number of benzene rings is 1. The number of aromatic nitrogens is 1. The molecule has 2 aromatic rings. The van der Waals surface area contributed by atoms with Crippen LogP contribution in [0.1, 0.15) is 10.7 Å². The predicted octanol–water partition coefficient (Wildman–Crippen LogP) is 3.55. The molecule has 1 aromatic heterocycles. The molecule has 0 fully saturated rings. The van der Waals surface area contributed by atoms with Crippen molar-refractivity contribution in [1.29, 1.82) is 0 Å². The van der Waals surface area contributed by atoms with Gasteiger partial charge in [-0.2, -0.15) is 0 Å². The van der Waals surface area contributed by atoms with Crippen molar-refractivity contribution in [3.8, 4) is 0 Å². The van der Waals surface area contributed by atoms with E-state index in [0.717, 1.165) is 26.4 Å². The van der Waals surface area contributed by atoms with Gasteiger partial charge in [0.2, 0.25) is 0 Å². The average Bonchev–Trinajstić information content (AvgIpc) is 2.74. The van der Waals surface area contributed by atoms with Crippen LogP contribution in [0.3, 0.4) is 0 Å². The molecule has 0 unspecified atom stereocenters. The molecule has 0 amide bonds. The molecule has 0 spiro atoms. The maximum atomic E-state index is 5.91. The summed E-state index contributed by atoms with van der Waals surface area (Å²) in [6.07, 6.45) is 0. The van der Waals surface area contributed by atoms with Gasteiger partial charge in [0.15, 0.2) is 0 Å². The number of thioether (sulfide) groups is 1. The molecule has 0 aliphatic heterocycles. The van der Waals surface area contributed by atoms with Crippen molar-refractivity contribution in [2.45, 2.75) is 17.2 Å². The van der Waals surface area contributed by atoms with Crippen LogP contribution in [0.5, 0.6) is 0 Å². The van der Waals surface area contributed by atoms with E-state index in [2.05, 4.69) is 4.98 Å². The summed E-state index contributed by atoms with van der Waals surface area (Å²) in [7, 11) is 0. The van der Waals surface area contributed by atoms with Crippen molar-refractivity contribution in [1.82, 2.24) is 4.98 Å². The third kappa shape index (κ3) is 3.22. The minimum absolute atomic E-state index is 0.512. The number of nitrogens with zero attached hydrogens (tertiary/aromatic N) is 1. The topological polar surface area (TPSA) is 38.9 Å². The first-order chi connectivity index (χ1) is 7.78. The molecule has 2 rings (SSSR count). The van der Waals surface area contributed by atoms with Crippen LogP contribution in [-0.2, 0) is 12.3 Å². The van der Waals surface area contributed by atoms with Gasteiger partial charge >= 0.3 is 0 Å². The van der Waals surface area contributed by atoms with E-state index in [1.807, 2.05) is 29.6 Å². The van der Waals surface area contributed by atoms with Gasteiger partial charge in [-0.05, 0) is 18.2 Å². The zero-order chi connectivity index (χ0) is 11.4. The molecule has 5 heteroatoms. The Morgan fingerprint density at radius 1 is 1.44 bits per heavy atom. The van der Waals surface area contributed by atoms with Crippen LogP contribution in [0.2, 0.25) is 5.02 Å². The second-order valence-corrected chi connectivity index (χ2v) is 5.61. The Morgan fingerprint density at radius 3 is 3.00 bits per heavy atom. The molecule has 0 saturated carbocycles. The highest BCUT2D eigenvalue weighted by Gasteiger charge is 2.02. The van der Waals surface area contributed by atoms with E-state index < -0.39 is 0 Å². The molecule has 0 aliphatic rings. The Labute approximate surface area is 108 Å². The Bertz CT molecular complexity index is 471. The summed E-state index contributed by atoms with van der Waals surface area (Å²) in [5.74, 6) is 0.866. The molecular formula is C11H11ClN2S2. The van der Waals surface area contributed by atoms with Crippen molar-refractivity contribution < 1.29 is 0 Å². The maximum absolute atomic E-state index is 5.91. The first kappa shape index (κ1) is 11.9. The summed E-state index contributed by atoms with van der Waals surface area (Å²) in [6, 6.07) is 7.84. The summed E-state index contributed by atoms with van der Waals surface area (Å²) >= 11 is 9.30. The molecule has 2 nitrogen and oxygen atoms in total. The van der Waals surface area contributed by atoms with Crippen LogP contribution in [0.25, 0.3) is 0 Å². The lowest BCUT2D eigenvalue weighted by molar-refractivity contribution is 0.996. The van der Waals surface area contributed by atoms with Crippen LogP contribution in [-0.4, -0.2) is 4.98 Å². The zero-order valence-corrected chi connectivity index (χ0v) is 10.9. The minimum Gasteiger partial charge on any atom is -0.325 e. The van der Waals surface area contributed by atoms with Crippen molar-refractivity contribution in [2.75, 3.05) is 0 Å². The highest BCUT2D eigenvalue weighted by molar-refractivity contribution is 7.98. The van der Waals surface area contributed by atoms with Crippen molar-refractivity contribution >= 4 is 34.7 Å². The summed E-state index contributed by atoms with van der Waals surface area (Å²) < 4.78 is 0. The molecule has 2 N–H and O–H groups in total. The normalized spacial score (nSPS) is 10.6. The van der Waals surface area contributed by atoms with Gasteiger partial charge in [0.1, 0.15) is 5.01 Å². The molecule has 1 aromatic carbocycles. The van der Waals surface area contributed by atoms with E-state index in [0.29, 0.717) is 6.54 Å². The van der Waals surface area contributed by atoms with Crippen LogP contribution in [0, 0.1) is 0 Å². The molecule has 0 saturated heterocycles. The van der Waals surface area contributed by atoms with Crippen LogP contribution >= 0.6 is 34.7 Å². The van der Waals surface area contributed by atoms with Crippen molar-refractivity contribution in [2.24, 2.45) is 5.73 Å². The number of halogens is 1. The van der Waals surface area contributed by atoms with Gasteiger partial charge in [0.25, 0.3) is 0 Å². The maximum Gasteiger partial charge on any atom is 0.103 e. The summed E-state index contributed by atoms with van der Waals surface area (Å²) in [4.78, 5) is 5.57. The second kappa shape index (κ2) is 5.68. The monoisotopic (exact) mass is 270 g/mol. The fourth-order valence-electron chi connectivity index (χ4n) is 1.21. The van der Waals surface area contributed by atoms with Gasteiger partial charge in [-0.25, -0.2) is 4.98 Å². The van der Waals surface area contributed by atoms with E-state index in [9.17, 15) is 0 Å². The molecule has 16 heavy (non-hydrogen) atoms. The van der Waals surface area contributed by atoms with Gasteiger partial charge < -0.3 is 5.73 Å². The molecular weight excluding hydrogens is 260 g/mol. The lowest BCUT2D eigenvalue weighted by Gasteiger charge is -1.99. The van der Waals surface area contributed by atoms with E-state index in [4.69, 9.17) is 17.3 Å². The second-order valence-electron chi connectivity index (χ2n) is 3.18. The van der Waals surface area contributed by atoms with Crippen molar-refractivity contribution in [3.63, 3.8) is 0 Å². The number of hydrogen-bond acceptors (Lipinski definition) is 4. The smallest absolute Gasteiger partial charge is 0.103 e. The lowest BCUT2D eigenvalue weighted by atomic mass is 10.4. The summed E-state index contributed by atoms with van der Waals surface area (Å²) in [6.45, 7) is 0.512. The van der Waals surface area contributed by atoms with Gasteiger partial charge in [-0.1, -0.05) is 17.7 Å². The Morgan fingerprint density at radius 2 is 2.31 bits per heavy atom. The Balaban J connectivity index is 1.96. The first-order valence-corrected chi connectivity index (χ1v) is 7.04. The van der Waals surface area contributed by atoms with E-state index in [1.54, 1.807) is 23.1 Å². The van der Waals surface area contributed by atoms with Gasteiger partial charge in [-0.15, -0.1) is 23.1 Å². The summed E-state index contributed by atoms with van der Waals surface area (Å²) in [5, 5.41) is 3.88. The fraction of sp³-hybridized carbons (Fsp3) is 0.182. The molecule has 0 bridgehead atoms. The largest absolute Gasteiger partial charge is 0.325 e. The molecule has 84 valence electrons. The van der Waals surface area contributed by atoms with Crippen LogP contribution < -0.4 is 5.73 Å². The third-order valence-electron chi connectivity index (χ3n) is 1.97. The van der Waals surface area contributed by atoms with Gasteiger partial charge in [-0.3, -0.25) is 0 Å². The third-order valence-corrected chi connectivity index (χ3v) is 4.29. The van der Waals surface area contributed by atoms with E-state index in [1.165, 1.54) is 0 Å². The lowest BCUT2D eigenvalue weighted by Crippen LogP contribution is -1.96. The number of thiazole rings is 1. The fourth-order valence-corrected chi connectivity index (χ4v) is 3.25. The highest BCUT2D eigenvalue weighted by atomic mass is 35.5. The number of nitrogens with two attached hydrogens (primary N) is 1. The summed E-state index contributed by atoms with van der Waals surface area (Å²) in [5.41, 5.74) is 6.47. The van der Waals surface area contributed by atoms with E-state index in [-0.39, 0.29) is 0 Å².